The zero-order valence-corrected chi connectivity index (χ0v) is 15.5. The van der Waals surface area contributed by atoms with Crippen molar-refractivity contribution in [3.8, 4) is 5.69 Å². The number of para-hydroxylation sites is 1. The van der Waals surface area contributed by atoms with Gasteiger partial charge in [-0.25, -0.2) is 9.37 Å². The standard InChI is InChI=1S/C20H19FN4O4/c21-16-5-1-2-6-18(16)24-19(12-22-11-14-4-3-9-29-14)23-17-8-7-13(25(27)28)10-15(17)20(24)26/h1-2,5-8,10,14,22H,3-4,9,11-12H2. The lowest BCUT2D eigenvalue weighted by Crippen LogP contribution is -2.31. The lowest BCUT2D eigenvalue weighted by atomic mass is 10.2. The van der Waals surface area contributed by atoms with Gasteiger partial charge in [0.2, 0.25) is 0 Å². The topological polar surface area (TPSA) is 99.3 Å². The number of hydrogen-bond donors (Lipinski definition) is 1. The third-order valence-corrected chi connectivity index (χ3v) is 4.90. The molecule has 1 fully saturated rings. The first-order valence-corrected chi connectivity index (χ1v) is 9.32. The van der Waals surface area contributed by atoms with Crippen LogP contribution in [0.15, 0.2) is 47.3 Å². The third-order valence-electron chi connectivity index (χ3n) is 4.90. The van der Waals surface area contributed by atoms with Crippen LogP contribution in [-0.2, 0) is 11.3 Å². The van der Waals surface area contributed by atoms with Gasteiger partial charge in [-0.05, 0) is 31.0 Å². The van der Waals surface area contributed by atoms with E-state index in [0.29, 0.717) is 17.9 Å². The molecule has 2 heterocycles. The molecule has 0 spiro atoms. The quantitative estimate of drug-likeness (QED) is 0.506. The van der Waals surface area contributed by atoms with E-state index in [9.17, 15) is 19.3 Å². The summed E-state index contributed by atoms with van der Waals surface area (Å²) in [6, 6.07) is 9.78. The van der Waals surface area contributed by atoms with Crippen LogP contribution in [0.4, 0.5) is 10.1 Å². The van der Waals surface area contributed by atoms with E-state index in [1.54, 1.807) is 6.07 Å². The average molecular weight is 398 g/mol. The molecule has 0 radical (unpaired) electrons. The lowest BCUT2D eigenvalue weighted by molar-refractivity contribution is -0.384. The van der Waals surface area contributed by atoms with Crippen LogP contribution < -0.4 is 10.9 Å². The number of non-ortho nitro benzene ring substituents is 1. The van der Waals surface area contributed by atoms with Gasteiger partial charge < -0.3 is 10.1 Å². The van der Waals surface area contributed by atoms with Crippen LogP contribution in [-0.4, -0.2) is 33.7 Å². The number of nitro groups is 1. The van der Waals surface area contributed by atoms with Gasteiger partial charge in [-0.2, -0.15) is 0 Å². The Kier molecular flexibility index (Phi) is 5.32. The van der Waals surface area contributed by atoms with Gasteiger partial charge in [-0.15, -0.1) is 0 Å². The van der Waals surface area contributed by atoms with Crippen LogP contribution in [0.5, 0.6) is 0 Å². The van der Waals surface area contributed by atoms with Crippen LogP contribution in [0.3, 0.4) is 0 Å². The number of nitrogens with one attached hydrogen (secondary N) is 1. The molecule has 3 aromatic rings. The highest BCUT2D eigenvalue weighted by molar-refractivity contribution is 5.80. The van der Waals surface area contributed by atoms with Crippen LogP contribution >= 0.6 is 0 Å². The van der Waals surface area contributed by atoms with Gasteiger partial charge in [-0.3, -0.25) is 19.5 Å². The second kappa shape index (κ2) is 8.06. The zero-order chi connectivity index (χ0) is 20.4. The molecule has 0 aliphatic carbocycles. The minimum Gasteiger partial charge on any atom is -0.377 e. The van der Waals surface area contributed by atoms with Crippen molar-refractivity contribution in [3.63, 3.8) is 0 Å². The lowest BCUT2D eigenvalue weighted by Gasteiger charge is -2.16. The summed E-state index contributed by atoms with van der Waals surface area (Å²) in [5.74, 6) is -0.263. The van der Waals surface area contributed by atoms with Crippen molar-refractivity contribution in [1.82, 2.24) is 14.9 Å². The first-order chi connectivity index (χ1) is 14.0. The maximum absolute atomic E-state index is 14.5. The molecule has 0 bridgehead atoms. The number of benzene rings is 2. The first-order valence-electron chi connectivity index (χ1n) is 9.32. The SMILES string of the molecule is O=c1c2cc([N+](=O)[O-])ccc2nc(CNCC2CCCO2)n1-c1ccccc1F. The maximum Gasteiger partial charge on any atom is 0.270 e. The van der Waals surface area contributed by atoms with Crippen LogP contribution in [0.1, 0.15) is 18.7 Å². The molecule has 9 heteroatoms. The van der Waals surface area contributed by atoms with Crippen LogP contribution in [0.2, 0.25) is 0 Å². The monoisotopic (exact) mass is 398 g/mol. The van der Waals surface area contributed by atoms with E-state index in [1.165, 1.54) is 41.0 Å². The molecule has 150 valence electrons. The summed E-state index contributed by atoms with van der Waals surface area (Å²) in [4.78, 5) is 28.2. The fourth-order valence-corrected chi connectivity index (χ4v) is 3.48. The Bertz CT molecular complexity index is 1130. The van der Waals surface area contributed by atoms with Gasteiger partial charge in [0.05, 0.1) is 34.2 Å². The number of nitro benzene ring substituents is 1. The summed E-state index contributed by atoms with van der Waals surface area (Å²) in [5, 5.41) is 14.4. The average Bonchev–Trinajstić information content (AvgIpc) is 3.22. The molecular weight excluding hydrogens is 379 g/mol. The van der Waals surface area contributed by atoms with Crippen LogP contribution in [0, 0.1) is 15.9 Å². The highest BCUT2D eigenvalue weighted by atomic mass is 19.1. The van der Waals surface area contributed by atoms with E-state index >= 15 is 0 Å². The van der Waals surface area contributed by atoms with E-state index in [2.05, 4.69) is 10.3 Å². The van der Waals surface area contributed by atoms with Gasteiger partial charge in [0.15, 0.2) is 0 Å². The van der Waals surface area contributed by atoms with E-state index in [-0.39, 0.29) is 29.4 Å². The van der Waals surface area contributed by atoms with Gasteiger partial charge in [-0.1, -0.05) is 12.1 Å². The van der Waals surface area contributed by atoms with Gasteiger partial charge >= 0.3 is 0 Å². The number of halogens is 1. The summed E-state index contributed by atoms with van der Waals surface area (Å²) < 4.78 is 21.2. The number of aromatic nitrogens is 2. The predicted molar refractivity (Wildman–Crippen MR) is 105 cm³/mol. The van der Waals surface area contributed by atoms with Crippen molar-refractivity contribution in [1.29, 1.82) is 0 Å². The molecule has 29 heavy (non-hydrogen) atoms. The number of hydrogen-bond acceptors (Lipinski definition) is 6. The smallest absolute Gasteiger partial charge is 0.270 e. The molecule has 4 rings (SSSR count). The van der Waals surface area contributed by atoms with E-state index in [0.717, 1.165) is 19.4 Å². The number of ether oxygens (including phenoxy) is 1. The van der Waals surface area contributed by atoms with Gasteiger partial charge in [0.25, 0.3) is 11.2 Å². The Balaban J connectivity index is 1.80. The number of nitrogens with zero attached hydrogens (tertiary/aromatic N) is 3. The minimum atomic E-state index is -0.582. The Hall–Kier alpha value is -3.17. The Labute approximate surface area is 165 Å². The molecule has 0 amide bonds. The summed E-state index contributed by atoms with van der Waals surface area (Å²) in [5.41, 5.74) is -0.409. The first kappa shape index (κ1) is 19.2. The summed E-state index contributed by atoms with van der Waals surface area (Å²) >= 11 is 0. The van der Waals surface area contributed by atoms with Crippen molar-refractivity contribution < 1.29 is 14.1 Å². The third kappa shape index (κ3) is 3.87. The van der Waals surface area contributed by atoms with Crippen molar-refractivity contribution in [3.05, 3.63) is 74.6 Å². The number of fused-ring (bicyclic) bond motifs is 1. The highest BCUT2D eigenvalue weighted by Crippen LogP contribution is 2.20. The second-order valence-corrected chi connectivity index (χ2v) is 6.84. The Morgan fingerprint density at radius 2 is 2.14 bits per heavy atom. The van der Waals surface area contributed by atoms with E-state index < -0.39 is 16.3 Å². The molecule has 2 aromatic carbocycles. The van der Waals surface area contributed by atoms with Crippen LogP contribution in [0.25, 0.3) is 16.6 Å². The molecule has 1 saturated heterocycles. The molecule has 1 aliphatic heterocycles. The summed E-state index contributed by atoms with van der Waals surface area (Å²) in [6.07, 6.45) is 2.08. The molecule has 1 unspecified atom stereocenters. The van der Waals surface area contributed by atoms with E-state index in [4.69, 9.17) is 4.74 Å². The fraction of sp³-hybridized carbons (Fsp3) is 0.300. The molecule has 1 N–H and O–H groups in total. The van der Waals surface area contributed by atoms with Crippen molar-refractivity contribution in [2.75, 3.05) is 13.2 Å². The molecule has 1 aliphatic rings. The van der Waals surface area contributed by atoms with E-state index in [1.807, 2.05) is 0 Å². The van der Waals surface area contributed by atoms with Gasteiger partial charge in [0.1, 0.15) is 11.6 Å². The second-order valence-electron chi connectivity index (χ2n) is 6.84. The highest BCUT2D eigenvalue weighted by Gasteiger charge is 2.19. The minimum absolute atomic E-state index is 0.0484. The zero-order valence-electron chi connectivity index (χ0n) is 15.5. The molecule has 1 aromatic heterocycles. The summed E-state index contributed by atoms with van der Waals surface area (Å²) in [6.45, 7) is 1.54. The normalized spacial score (nSPS) is 16.4. The van der Waals surface area contributed by atoms with Crippen molar-refractivity contribution >= 4 is 16.6 Å². The van der Waals surface area contributed by atoms with Crippen molar-refractivity contribution in [2.24, 2.45) is 0 Å². The Morgan fingerprint density at radius 3 is 2.86 bits per heavy atom. The molecule has 0 saturated carbocycles. The molecular formula is C20H19FN4O4. The summed E-state index contributed by atoms with van der Waals surface area (Å²) in [7, 11) is 0. The maximum atomic E-state index is 14.5. The predicted octanol–water partition coefficient (Wildman–Crippen LogP) is 2.70. The molecule has 1 atom stereocenters. The molecule has 8 nitrogen and oxygen atoms in total. The van der Waals surface area contributed by atoms with Crippen molar-refractivity contribution in [2.45, 2.75) is 25.5 Å². The largest absolute Gasteiger partial charge is 0.377 e. The Morgan fingerprint density at radius 1 is 1.31 bits per heavy atom. The van der Waals surface area contributed by atoms with Gasteiger partial charge in [0, 0.05) is 25.3 Å². The number of rotatable bonds is 6. The fourth-order valence-electron chi connectivity index (χ4n) is 3.48.